The van der Waals surface area contributed by atoms with Crippen LogP contribution >= 0.6 is 11.6 Å². The lowest BCUT2D eigenvalue weighted by molar-refractivity contribution is 0.162. The van der Waals surface area contributed by atoms with E-state index in [4.69, 9.17) is 16.3 Å². The highest BCUT2D eigenvalue weighted by Gasteiger charge is 2.42. The summed E-state index contributed by atoms with van der Waals surface area (Å²) in [6, 6.07) is 6.40. The van der Waals surface area contributed by atoms with E-state index in [0.29, 0.717) is 17.4 Å². The third-order valence-corrected chi connectivity index (χ3v) is 5.16. The number of halogens is 1. The number of hydrogen-bond acceptors (Lipinski definition) is 2. The fourth-order valence-corrected chi connectivity index (χ4v) is 4.44. The standard InChI is InChI=1S/C18H28ClNO/c1-13(2)12-18(9-5-6-10-18)17(20-3)15-8-7-14(21-4)11-16(15)19/h7-8,11,13,17,20H,5-6,9-10,12H2,1-4H3. The van der Waals surface area contributed by atoms with Crippen molar-refractivity contribution in [2.24, 2.45) is 11.3 Å². The predicted molar refractivity (Wildman–Crippen MR) is 90.2 cm³/mol. The van der Waals surface area contributed by atoms with Crippen molar-refractivity contribution < 1.29 is 4.74 Å². The van der Waals surface area contributed by atoms with E-state index in [9.17, 15) is 0 Å². The summed E-state index contributed by atoms with van der Waals surface area (Å²) < 4.78 is 5.27. The maximum absolute atomic E-state index is 6.54. The van der Waals surface area contributed by atoms with Crippen LogP contribution in [0, 0.1) is 11.3 Å². The molecule has 1 aromatic rings. The molecule has 0 aliphatic heterocycles. The Morgan fingerprint density at radius 1 is 1.29 bits per heavy atom. The van der Waals surface area contributed by atoms with Crippen molar-refractivity contribution in [3.63, 3.8) is 0 Å². The fourth-order valence-electron chi connectivity index (χ4n) is 4.16. The summed E-state index contributed by atoms with van der Waals surface area (Å²) in [5, 5.41) is 4.37. The number of hydrogen-bond donors (Lipinski definition) is 1. The van der Waals surface area contributed by atoms with Gasteiger partial charge in [0.1, 0.15) is 5.75 Å². The molecule has 2 nitrogen and oxygen atoms in total. The molecule has 2 rings (SSSR count). The Balaban J connectivity index is 2.36. The highest BCUT2D eigenvalue weighted by Crippen LogP contribution is 2.52. The van der Waals surface area contributed by atoms with Crippen molar-refractivity contribution in [2.45, 2.75) is 52.0 Å². The SMILES string of the molecule is CNC(c1ccc(OC)cc1Cl)C1(CC(C)C)CCCC1. The van der Waals surface area contributed by atoms with Crippen molar-refractivity contribution in [2.75, 3.05) is 14.2 Å². The molecule has 1 aliphatic rings. The van der Waals surface area contributed by atoms with Gasteiger partial charge in [-0.1, -0.05) is 44.4 Å². The number of ether oxygens (including phenoxy) is 1. The van der Waals surface area contributed by atoms with Gasteiger partial charge in [0, 0.05) is 11.1 Å². The van der Waals surface area contributed by atoms with Gasteiger partial charge < -0.3 is 10.1 Å². The molecule has 0 radical (unpaired) electrons. The lowest BCUT2D eigenvalue weighted by Crippen LogP contribution is -2.36. The van der Waals surface area contributed by atoms with Crippen LogP contribution in [0.2, 0.25) is 5.02 Å². The molecule has 1 N–H and O–H groups in total. The van der Waals surface area contributed by atoms with E-state index >= 15 is 0 Å². The van der Waals surface area contributed by atoms with Crippen LogP contribution in [0.4, 0.5) is 0 Å². The first-order valence-corrected chi connectivity index (χ1v) is 8.41. The molecule has 0 bridgehead atoms. The lowest BCUT2D eigenvalue weighted by atomic mass is 9.70. The average molecular weight is 310 g/mol. The van der Waals surface area contributed by atoms with Gasteiger partial charge in [-0.25, -0.2) is 0 Å². The molecule has 21 heavy (non-hydrogen) atoms. The Bertz CT molecular complexity index is 466. The van der Waals surface area contributed by atoms with Crippen molar-refractivity contribution >= 4 is 11.6 Å². The predicted octanol–water partition coefficient (Wildman–Crippen LogP) is 5.22. The molecule has 118 valence electrons. The van der Waals surface area contributed by atoms with E-state index in [1.807, 2.05) is 12.1 Å². The second-order valence-corrected chi connectivity index (χ2v) is 7.18. The van der Waals surface area contributed by atoms with Crippen LogP contribution < -0.4 is 10.1 Å². The number of benzene rings is 1. The fraction of sp³-hybridized carbons (Fsp3) is 0.667. The van der Waals surface area contributed by atoms with Gasteiger partial charge in [-0.3, -0.25) is 0 Å². The van der Waals surface area contributed by atoms with Gasteiger partial charge in [0.25, 0.3) is 0 Å². The van der Waals surface area contributed by atoms with Gasteiger partial charge in [0.15, 0.2) is 0 Å². The minimum atomic E-state index is 0.320. The maximum atomic E-state index is 6.54. The third kappa shape index (κ3) is 3.54. The van der Waals surface area contributed by atoms with Crippen LogP contribution in [0.25, 0.3) is 0 Å². The van der Waals surface area contributed by atoms with Gasteiger partial charge in [0.05, 0.1) is 7.11 Å². The smallest absolute Gasteiger partial charge is 0.120 e. The van der Waals surface area contributed by atoms with Crippen LogP contribution in [0.1, 0.15) is 57.6 Å². The molecule has 1 unspecified atom stereocenters. The molecular formula is C18H28ClNO. The Morgan fingerprint density at radius 3 is 2.43 bits per heavy atom. The molecule has 1 aromatic carbocycles. The quantitative estimate of drug-likeness (QED) is 0.778. The summed E-state index contributed by atoms with van der Waals surface area (Å²) in [7, 11) is 3.74. The average Bonchev–Trinajstić information content (AvgIpc) is 2.89. The zero-order valence-electron chi connectivity index (χ0n) is 13.7. The monoisotopic (exact) mass is 309 g/mol. The summed E-state index contributed by atoms with van der Waals surface area (Å²) in [5.74, 6) is 1.53. The van der Waals surface area contributed by atoms with Crippen LogP contribution in [0.3, 0.4) is 0 Å². The number of methoxy groups -OCH3 is 1. The summed E-state index contributed by atoms with van der Waals surface area (Å²) in [6.45, 7) is 4.64. The number of nitrogens with one attached hydrogen (secondary N) is 1. The first kappa shape index (κ1) is 16.6. The second-order valence-electron chi connectivity index (χ2n) is 6.78. The normalized spacial score (nSPS) is 19.0. The lowest BCUT2D eigenvalue weighted by Gasteiger charge is -2.40. The van der Waals surface area contributed by atoms with Crippen molar-refractivity contribution in [3.8, 4) is 5.75 Å². The van der Waals surface area contributed by atoms with Crippen molar-refractivity contribution in [3.05, 3.63) is 28.8 Å². The highest BCUT2D eigenvalue weighted by molar-refractivity contribution is 6.31. The van der Waals surface area contributed by atoms with Gasteiger partial charge in [0.2, 0.25) is 0 Å². The number of rotatable bonds is 6. The van der Waals surface area contributed by atoms with E-state index in [1.165, 1.54) is 37.7 Å². The molecule has 0 amide bonds. The maximum Gasteiger partial charge on any atom is 0.120 e. The van der Waals surface area contributed by atoms with Crippen LogP contribution in [-0.4, -0.2) is 14.2 Å². The summed E-state index contributed by atoms with van der Waals surface area (Å²) in [4.78, 5) is 0. The third-order valence-electron chi connectivity index (χ3n) is 4.83. The Labute approximate surface area is 134 Å². The van der Waals surface area contributed by atoms with Crippen molar-refractivity contribution in [1.82, 2.24) is 5.32 Å². The Morgan fingerprint density at radius 2 is 1.95 bits per heavy atom. The molecule has 1 aliphatic carbocycles. The minimum absolute atomic E-state index is 0.320. The minimum Gasteiger partial charge on any atom is -0.497 e. The molecule has 1 saturated carbocycles. The first-order chi connectivity index (χ1) is 10.0. The molecule has 1 atom stereocenters. The van der Waals surface area contributed by atoms with E-state index < -0.39 is 0 Å². The molecule has 0 spiro atoms. The topological polar surface area (TPSA) is 21.3 Å². The molecule has 3 heteroatoms. The van der Waals surface area contributed by atoms with Gasteiger partial charge in [-0.2, -0.15) is 0 Å². The first-order valence-electron chi connectivity index (χ1n) is 8.03. The molecule has 0 heterocycles. The zero-order valence-corrected chi connectivity index (χ0v) is 14.5. The summed E-state index contributed by atoms with van der Waals surface area (Å²) in [5.41, 5.74) is 1.55. The van der Waals surface area contributed by atoms with Crippen LogP contribution in [-0.2, 0) is 0 Å². The molecule has 1 fully saturated rings. The zero-order chi connectivity index (χ0) is 15.5. The van der Waals surface area contributed by atoms with Crippen molar-refractivity contribution in [1.29, 1.82) is 0 Å². The van der Waals surface area contributed by atoms with Crippen LogP contribution in [0.15, 0.2) is 18.2 Å². The summed E-state index contributed by atoms with van der Waals surface area (Å²) >= 11 is 6.54. The second kappa shape index (κ2) is 7.02. The van der Waals surface area contributed by atoms with Gasteiger partial charge >= 0.3 is 0 Å². The Hall–Kier alpha value is -0.730. The largest absolute Gasteiger partial charge is 0.497 e. The highest BCUT2D eigenvalue weighted by atomic mass is 35.5. The van der Waals surface area contributed by atoms with E-state index in [-0.39, 0.29) is 0 Å². The Kier molecular flexibility index (Phi) is 5.56. The van der Waals surface area contributed by atoms with E-state index in [2.05, 4.69) is 32.3 Å². The van der Waals surface area contributed by atoms with Gasteiger partial charge in [-0.15, -0.1) is 0 Å². The van der Waals surface area contributed by atoms with Gasteiger partial charge in [-0.05, 0) is 55.3 Å². The summed E-state index contributed by atoms with van der Waals surface area (Å²) in [6.07, 6.45) is 6.50. The molecular weight excluding hydrogens is 282 g/mol. The molecule has 0 saturated heterocycles. The van der Waals surface area contributed by atoms with Crippen LogP contribution in [0.5, 0.6) is 5.75 Å². The van der Waals surface area contributed by atoms with E-state index in [0.717, 1.165) is 10.8 Å². The van der Waals surface area contributed by atoms with E-state index in [1.54, 1.807) is 7.11 Å². The molecule has 0 aromatic heterocycles.